The Hall–Kier alpha value is -3.79. The third-order valence-electron chi connectivity index (χ3n) is 5.73. The molecule has 1 aliphatic rings. The summed E-state index contributed by atoms with van der Waals surface area (Å²) in [5, 5.41) is 14.5. The normalized spacial score (nSPS) is 15.2. The van der Waals surface area contributed by atoms with Crippen molar-refractivity contribution >= 4 is 35.1 Å². The summed E-state index contributed by atoms with van der Waals surface area (Å²) >= 11 is 7.35. The first kappa shape index (κ1) is 25.3. The third kappa shape index (κ3) is 5.88. The van der Waals surface area contributed by atoms with Gasteiger partial charge in [0, 0.05) is 16.3 Å². The minimum atomic E-state index is -0.661. The van der Waals surface area contributed by atoms with E-state index in [1.165, 1.54) is 11.8 Å². The molecule has 0 fully saturated rings. The lowest BCUT2D eigenvalue weighted by atomic mass is 9.82. The highest BCUT2D eigenvalue weighted by Crippen LogP contribution is 2.41. The number of rotatable bonds is 8. The minimum absolute atomic E-state index is 0.0510. The molecule has 0 saturated heterocycles. The second-order valence-electron chi connectivity index (χ2n) is 8.14. The van der Waals surface area contributed by atoms with E-state index in [9.17, 15) is 14.9 Å². The minimum Gasteiger partial charge on any atom is -0.457 e. The van der Waals surface area contributed by atoms with Crippen molar-refractivity contribution in [3.63, 3.8) is 0 Å². The summed E-state index contributed by atoms with van der Waals surface area (Å²) in [6.45, 7) is 1.89. The van der Waals surface area contributed by atoms with Crippen LogP contribution in [0.1, 0.15) is 34.3 Å². The van der Waals surface area contributed by atoms with Gasteiger partial charge in [0.2, 0.25) is 0 Å². The van der Waals surface area contributed by atoms with Crippen LogP contribution < -0.4 is 5.32 Å². The molecule has 0 aliphatic carbocycles. The first-order valence-corrected chi connectivity index (χ1v) is 12.6. The van der Waals surface area contributed by atoms with E-state index in [2.05, 4.69) is 11.4 Å². The number of carbonyl (C=O) groups excluding carboxylic acids is 2. The smallest absolute Gasteiger partial charge is 0.337 e. The fourth-order valence-electron chi connectivity index (χ4n) is 3.93. The number of ketones is 1. The number of hydrogen-bond donors (Lipinski definition) is 1. The predicted octanol–water partition coefficient (Wildman–Crippen LogP) is 6.40. The van der Waals surface area contributed by atoms with Crippen LogP contribution in [0.25, 0.3) is 0 Å². The number of benzene rings is 3. The fraction of sp³-hybridized carbons (Fsp3) is 0.138. The lowest BCUT2D eigenvalue weighted by molar-refractivity contribution is -0.140. The molecule has 7 heteroatoms. The lowest BCUT2D eigenvalue weighted by Gasteiger charge is -2.29. The molecule has 180 valence electrons. The lowest BCUT2D eigenvalue weighted by Crippen LogP contribution is -2.29. The van der Waals surface area contributed by atoms with Crippen LogP contribution in [0, 0.1) is 11.3 Å². The molecule has 0 bridgehead atoms. The molecule has 1 aliphatic heterocycles. The maximum Gasteiger partial charge on any atom is 0.337 e. The molecule has 0 amide bonds. The summed E-state index contributed by atoms with van der Waals surface area (Å²) in [7, 11) is 0. The summed E-state index contributed by atoms with van der Waals surface area (Å²) in [6.07, 6.45) is 0. The van der Waals surface area contributed by atoms with Crippen LogP contribution in [0.15, 0.2) is 107 Å². The van der Waals surface area contributed by atoms with E-state index in [1.807, 2.05) is 48.5 Å². The zero-order valence-corrected chi connectivity index (χ0v) is 21.1. The van der Waals surface area contributed by atoms with Gasteiger partial charge in [-0.15, -0.1) is 0 Å². The Morgan fingerprint density at radius 2 is 1.64 bits per heavy atom. The molecular weight excluding hydrogens is 492 g/mol. The number of dihydropyridines is 1. The third-order valence-corrected chi connectivity index (χ3v) is 7.00. The van der Waals surface area contributed by atoms with Gasteiger partial charge >= 0.3 is 5.97 Å². The van der Waals surface area contributed by atoms with Crippen LogP contribution in [-0.2, 0) is 16.1 Å². The second kappa shape index (κ2) is 11.8. The number of esters is 1. The summed E-state index contributed by atoms with van der Waals surface area (Å²) in [5.74, 6) is -1.08. The summed E-state index contributed by atoms with van der Waals surface area (Å²) in [5.41, 5.74) is 3.47. The van der Waals surface area contributed by atoms with E-state index in [0.29, 0.717) is 32.5 Å². The molecule has 0 spiro atoms. The van der Waals surface area contributed by atoms with Gasteiger partial charge in [-0.1, -0.05) is 96.2 Å². The number of hydrogen-bond acceptors (Lipinski definition) is 6. The van der Waals surface area contributed by atoms with Crippen LogP contribution >= 0.6 is 23.4 Å². The predicted molar refractivity (Wildman–Crippen MR) is 142 cm³/mol. The molecule has 0 unspecified atom stereocenters. The molecule has 36 heavy (non-hydrogen) atoms. The van der Waals surface area contributed by atoms with Crippen molar-refractivity contribution in [1.29, 1.82) is 5.26 Å². The van der Waals surface area contributed by atoms with Crippen molar-refractivity contribution < 1.29 is 14.3 Å². The number of nitrogens with one attached hydrogen (secondary N) is 1. The van der Waals surface area contributed by atoms with E-state index >= 15 is 0 Å². The molecule has 1 heterocycles. The number of thioether (sulfide) groups is 1. The molecule has 1 N–H and O–H groups in total. The Bertz CT molecular complexity index is 1360. The zero-order chi connectivity index (χ0) is 25.5. The Morgan fingerprint density at radius 1 is 1.00 bits per heavy atom. The Kier molecular flexibility index (Phi) is 8.27. The molecule has 5 nitrogen and oxygen atoms in total. The van der Waals surface area contributed by atoms with Crippen LogP contribution in [-0.4, -0.2) is 17.5 Å². The van der Waals surface area contributed by atoms with E-state index in [-0.39, 0.29) is 18.1 Å². The van der Waals surface area contributed by atoms with Crippen molar-refractivity contribution in [3.8, 4) is 6.07 Å². The van der Waals surface area contributed by atoms with Gasteiger partial charge in [-0.3, -0.25) is 4.79 Å². The van der Waals surface area contributed by atoms with Crippen molar-refractivity contribution in [2.75, 3.05) is 5.75 Å². The number of ether oxygens (including phenoxy) is 1. The van der Waals surface area contributed by atoms with Crippen LogP contribution in [0.3, 0.4) is 0 Å². The van der Waals surface area contributed by atoms with Crippen LogP contribution in [0.2, 0.25) is 5.02 Å². The second-order valence-corrected chi connectivity index (χ2v) is 9.56. The maximum atomic E-state index is 13.3. The Labute approximate surface area is 219 Å². The quantitative estimate of drug-likeness (QED) is 0.277. The maximum absolute atomic E-state index is 13.3. The number of halogens is 1. The largest absolute Gasteiger partial charge is 0.457 e. The number of allylic oxidation sites excluding steroid dienone is 2. The van der Waals surface area contributed by atoms with Gasteiger partial charge in [-0.05, 0) is 30.2 Å². The SMILES string of the molecule is CC1=C(C(=O)OCc2ccccc2)[C@@H](c2ccc(Cl)cc2)C(C#N)=C(SCC(=O)c2ccccc2)N1. The highest BCUT2D eigenvalue weighted by Gasteiger charge is 2.35. The van der Waals surface area contributed by atoms with Gasteiger partial charge in [-0.25, -0.2) is 4.79 Å². The van der Waals surface area contributed by atoms with Crippen molar-refractivity contribution in [2.24, 2.45) is 0 Å². The van der Waals surface area contributed by atoms with Gasteiger partial charge < -0.3 is 10.1 Å². The number of Topliss-reactive ketones (excluding diaryl/α,β-unsaturated/α-hetero) is 1. The first-order chi connectivity index (χ1) is 17.5. The monoisotopic (exact) mass is 514 g/mol. The average Bonchev–Trinajstić information content (AvgIpc) is 2.91. The molecule has 0 radical (unpaired) electrons. The highest BCUT2D eigenvalue weighted by atomic mass is 35.5. The molecule has 4 rings (SSSR count). The zero-order valence-electron chi connectivity index (χ0n) is 19.5. The fourth-order valence-corrected chi connectivity index (χ4v) is 5.04. The van der Waals surface area contributed by atoms with Gasteiger partial charge in [0.15, 0.2) is 5.78 Å². The van der Waals surface area contributed by atoms with Gasteiger partial charge in [-0.2, -0.15) is 5.26 Å². The van der Waals surface area contributed by atoms with Gasteiger partial charge in [0.1, 0.15) is 6.61 Å². The first-order valence-electron chi connectivity index (χ1n) is 11.3. The van der Waals surface area contributed by atoms with Crippen molar-refractivity contribution in [3.05, 3.63) is 129 Å². The Morgan fingerprint density at radius 3 is 2.28 bits per heavy atom. The van der Waals surface area contributed by atoms with Gasteiger partial charge in [0.05, 0.1) is 33.9 Å². The highest BCUT2D eigenvalue weighted by molar-refractivity contribution is 8.03. The summed E-state index contributed by atoms with van der Waals surface area (Å²) in [6, 6.07) is 27.7. The molecule has 0 saturated carbocycles. The molecular formula is C29H23ClN2O3S. The Balaban J connectivity index is 1.64. The van der Waals surface area contributed by atoms with E-state index in [0.717, 1.165) is 11.1 Å². The van der Waals surface area contributed by atoms with Crippen LogP contribution in [0.5, 0.6) is 0 Å². The average molecular weight is 515 g/mol. The molecule has 1 atom stereocenters. The number of carbonyl (C=O) groups is 2. The van der Waals surface area contributed by atoms with Crippen molar-refractivity contribution in [1.82, 2.24) is 5.32 Å². The number of nitrogens with zero attached hydrogens (tertiary/aromatic N) is 1. The molecule has 3 aromatic carbocycles. The van der Waals surface area contributed by atoms with E-state index in [1.54, 1.807) is 43.3 Å². The molecule has 3 aromatic rings. The van der Waals surface area contributed by atoms with E-state index < -0.39 is 11.9 Å². The van der Waals surface area contributed by atoms with Gasteiger partial charge in [0.25, 0.3) is 0 Å². The number of nitriles is 1. The molecule has 0 aromatic heterocycles. The topological polar surface area (TPSA) is 79.2 Å². The standard InChI is InChI=1S/C29H23ClN2O3S/c1-19-26(29(34)35-17-20-8-4-2-5-9-20)27(22-12-14-23(30)15-13-22)24(16-31)28(32-19)36-18-25(33)21-10-6-3-7-11-21/h2-15,27,32H,17-18H2,1H3/t27-/m0/s1. The summed E-state index contributed by atoms with van der Waals surface area (Å²) in [4.78, 5) is 26.0. The van der Waals surface area contributed by atoms with Crippen LogP contribution in [0.4, 0.5) is 0 Å². The summed E-state index contributed by atoms with van der Waals surface area (Å²) < 4.78 is 5.64. The van der Waals surface area contributed by atoms with E-state index in [4.69, 9.17) is 16.3 Å². The van der Waals surface area contributed by atoms with Crippen molar-refractivity contribution in [2.45, 2.75) is 19.4 Å².